The fourth-order valence-electron chi connectivity index (χ4n) is 3.49. The highest BCUT2D eigenvalue weighted by Gasteiger charge is 2.30. The minimum atomic E-state index is -0.140. The Labute approximate surface area is 148 Å². The highest BCUT2D eigenvalue weighted by molar-refractivity contribution is 7.99. The van der Waals surface area contributed by atoms with Crippen LogP contribution in [0.4, 0.5) is 0 Å². The lowest BCUT2D eigenvalue weighted by Crippen LogP contribution is -2.41. The van der Waals surface area contributed by atoms with Crippen LogP contribution in [0.15, 0.2) is 30.3 Å². The third-order valence-electron chi connectivity index (χ3n) is 4.89. The first-order chi connectivity index (χ1) is 11.7. The molecule has 1 aromatic carbocycles. The summed E-state index contributed by atoms with van der Waals surface area (Å²) in [4.78, 5) is 29.3. The smallest absolute Gasteiger partial charge is 0.226 e. The second kappa shape index (κ2) is 8.56. The monoisotopic (exact) mass is 346 g/mol. The van der Waals surface area contributed by atoms with Crippen molar-refractivity contribution in [2.75, 3.05) is 31.1 Å². The van der Waals surface area contributed by atoms with Crippen molar-refractivity contribution in [1.29, 1.82) is 0 Å². The Morgan fingerprint density at radius 2 is 1.83 bits per heavy atom. The molecule has 2 fully saturated rings. The first kappa shape index (κ1) is 17.3. The van der Waals surface area contributed by atoms with Crippen molar-refractivity contribution in [2.45, 2.75) is 32.2 Å². The average molecular weight is 346 g/mol. The van der Waals surface area contributed by atoms with Crippen LogP contribution in [-0.2, 0) is 16.1 Å². The molecule has 2 saturated heterocycles. The van der Waals surface area contributed by atoms with E-state index >= 15 is 0 Å². The van der Waals surface area contributed by atoms with Crippen molar-refractivity contribution in [3.8, 4) is 0 Å². The van der Waals surface area contributed by atoms with Crippen molar-refractivity contribution in [3.63, 3.8) is 0 Å². The summed E-state index contributed by atoms with van der Waals surface area (Å²) >= 11 is 1.90. The van der Waals surface area contributed by atoms with Crippen molar-refractivity contribution in [2.24, 2.45) is 5.92 Å². The van der Waals surface area contributed by atoms with Gasteiger partial charge >= 0.3 is 0 Å². The zero-order valence-corrected chi connectivity index (χ0v) is 15.0. The quantitative estimate of drug-likeness (QED) is 0.842. The molecule has 1 aromatic rings. The Morgan fingerprint density at radius 1 is 1.08 bits per heavy atom. The molecule has 24 heavy (non-hydrogen) atoms. The Kier molecular flexibility index (Phi) is 6.18. The van der Waals surface area contributed by atoms with Gasteiger partial charge in [0.15, 0.2) is 0 Å². The number of carbonyl (C=O) groups excluding carboxylic acids is 2. The first-order valence-electron chi connectivity index (χ1n) is 8.92. The Hall–Kier alpha value is -1.49. The second-order valence-corrected chi connectivity index (χ2v) is 7.86. The molecule has 2 heterocycles. The van der Waals surface area contributed by atoms with Crippen LogP contribution in [0.2, 0.25) is 0 Å². The molecule has 1 atom stereocenters. The normalized spacial score (nSPS) is 22.3. The van der Waals surface area contributed by atoms with Gasteiger partial charge in [-0.15, -0.1) is 0 Å². The van der Waals surface area contributed by atoms with Crippen LogP contribution in [0.5, 0.6) is 0 Å². The molecule has 2 aliphatic heterocycles. The van der Waals surface area contributed by atoms with Crippen molar-refractivity contribution >= 4 is 23.6 Å². The first-order valence-corrected chi connectivity index (χ1v) is 10.1. The molecule has 2 amide bonds. The number of amides is 2. The highest BCUT2D eigenvalue weighted by atomic mass is 32.2. The van der Waals surface area contributed by atoms with E-state index < -0.39 is 0 Å². The van der Waals surface area contributed by atoms with E-state index in [9.17, 15) is 9.59 Å². The maximum Gasteiger partial charge on any atom is 0.226 e. The lowest BCUT2D eigenvalue weighted by atomic mass is 9.97. The summed E-state index contributed by atoms with van der Waals surface area (Å²) < 4.78 is 0. The number of hydrogen-bond donors (Lipinski definition) is 0. The largest absolute Gasteiger partial charge is 0.341 e. The van der Waals surface area contributed by atoms with Gasteiger partial charge < -0.3 is 9.80 Å². The van der Waals surface area contributed by atoms with Crippen LogP contribution in [0, 0.1) is 5.92 Å². The third kappa shape index (κ3) is 4.53. The van der Waals surface area contributed by atoms with Crippen LogP contribution >= 0.6 is 11.8 Å². The summed E-state index contributed by atoms with van der Waals surface area (Å²) in [7, 11) is 0. The summed E-state index contributed by atoms with van der Waals surface area (Å²) in [6.45, 7) is 3.12. The van der Waals surface area contributed by atoms with Gasteiger partial charge in [-0.2, -0.15) is 11.8 Å². The van der Waals surface area contributed by atoms with Crippen molar-refractivity contribution in [1.82, 2.24) is 9.80 Å². The number of benzene rings is 1. The minimum Gasteiger partial charge on any atom is -0.341 e. The van der Waals surface area contributed by atoms with E-state index in [2.05, 4.69) is 12.1 Å². The Morgan fingerprint density at radius 3 is 2.58 bits per heavy atom. The molecule has 1 unspecified atom stereocenters. The topological polar surface area (TPSA) is 40.6 Å². The van der Waals surface area contributed by atoms with E-state index in [-0.39, 0.29) is 17.7 Å². The van der Waals surface area contributed by atoms with Crippen molar-refractivity contribution < 1.29 is 9.59 Å². The Bertz CT molecular complexity index is 558. The zero-order chi connectivity index (χ0) is 16.8. The number of carbonyl (C=O) groups is 2. The third-order valence-corrected chi connectivity index (χ3v) is 5.84. The number of thioether (sulfide) groups is 1. The van der Waals surface area contributed by atoms with E-state index in [4.69, 9.17) is 0 Å². The molecule has 5 heteroatoms. The van der Waals surface area contributed by atoms with Gasteiger partial charge in [0, 0.05) is 50.0 Å². The van der Waals surface area contributed by atoms with Gasteiger partial charge in [0.05, 0.1) is 0 Å². The fraction of sp³-hybridized carbons (Fsp3) is 0.579. The fourth-order valence-corrected chi connectivity index (χ4v) is 4.39. The molecule has 4 nitrogen and oxygen atoms in total. The Balaban J connectivity index is 1.61. The standard InChI is InChI=1S/C19H26N2O2S/c22-18(20-10-12-24-13-11-20)14-17-8-4-5-9-21(19(17)23)15-16-6-2-1-3-7-16/h1-3,6-7,17H,4-5,8-15H2. The molecule has 0 aromatic heterocycles. The van der Waals surface area contributed by atoms with E-state index in [1.54, 1.807) is 0 Å². The van der Waals surface area contributed by atoms with Gasteiger partial charge in [-0.1, -0.05) is 36.8 Å². The molecular formula is C19H26N2O2S. The summed E-state index contributed by atoms with van der Waals surface area (Å²) in [5, 5.41) is 0. The number of hydrogen-bond acceptors (Lipinski definition) is 3. The minimum absolute atomic E-state index is 0.140. The summed E-state index contributed by atoms with van der Waals surface area (Å²) in [5.74, 6) is 2.22. The average Bonchev–Trinajstić information content (AvgIpc) is 2.79. The molecular weight excluding hydrogens is 320 g/mol. The molecule has 0 N–H and O–H groups in total. The SMILES string of the molecule is O=C(CC1CCCCN(Cc2ccccc2)C1=O)N1CCSCC1. The van der Waals surface area contributed by atoms with Gasteiger partial charge in [-0.25, -0.2) is 0 Å². The van der Waals surface area contributed by atoms with Crippen LogP contribution < -0.4 is 0 Å². The van der Waals surface area contributed by atoms with Crippen LogP contribution in [0.1, 0.15) is 31.2 Å². The molecule has 3 rings (SSSR count). The second-order valence-electron chi connectivity index (χ2n) is 6.64. The van der Waals surface area contributed by atoms with Crippen LogP contribution in [-0.4, -0.2) is 52.8 Å². The summed E-state index contributed by atoms with van der Waals surface area (Å²) in [5.41, 5.74) is 1.16. The van der Waals surface area contributed by atoms with Crippen LogP contribution in [0.3, 0.4) is 0 Å². The molecule has 0 radical (unpaired) electrons. The van der Waals surface area contributed by atoms with E-state index in [0.29, 0.717) is 13.0 Å². The molecule has 0 saturated carbocycles. The number of nitrogens with zero attached hydrogens (tertiary/aromatic N) is 2. The lowest BCUT2D eigenvalue weighted by Gasteiger charge is -2.29. The van der Waals surface area contributed by atoms with E-state index in [1.807, 2.05) is 39.8 Å². The maximum atomic E-state index is 12.9. The van der Waals surface area contributed by atoms with Gasteiger partial charge in [-0.05, 0) is 18.4 Å². The maximum absolute atomic E-state index is 12.9. The van der Waals surface area contributed by atoms with E-state index in [0.717, 1.165) is 56.0 Å². The number of likely N-dealkylation sites (tertiary alicyclic amines) is 1. The summed E-state index contributed by atoms with van der Waals surface area (Å²) in [6, 6.07) is 10.1. The number of rotatable bonds is 4. The zero-order valence-electron chi connectivity index (χ0n) is 14.2. The molecule has 2 aliphatic rings. The van der Waals surface area contributed by atoms with Gasteiger partial charge in [0.1, 0.15) is 0 Å². The predicted octanol–water partition coefficient (Wildman–Crippen LogP) is 2.78. The molecule has 0 aliphatic carbocycles. The van der Waals surface area contributed by atoms with Crippen molar-refractivity contribution in [3.05, 3.63) is 35.9 Å². The highest BCUT2D eigenvalue weighted by Crippen LogP contribution is 2.24. The molecule has 0 bridgehead atoms. The molecule has 130 valence electrons. The van der Waals surface area contributed by atoms with Gasteiger partial charge in [0.2, 0.25) is 11.8 Å². The lowest BCUT2D eigenvalue weighted by molar-refractivity contribution is -0.141. The van der Waals surface area contributed by atoms with Crippen LogP contribution in [0.25, 0.3) is 0 Å². The predicted molar refractivity (Wildman–Crippen MR) is 97.7 cm³/mol. The molecule has 0 spiro atoms. The van der Waals surface area contributed by atoms with E-state index in [1.165, 1.54) is 0 Å². The van der Waals surface area contributed by atoms with Gasteiger partial charge in [0.25, 0.3) is 0 Å². The summed E-state index contributed by atoms with van der Waals surface area (Å²) in [6.07, 6.45) is 3.29. The van der Waals surface area contributed by atoms with Gasteiger partial charge in [-0.3, -0.25) is 9.59 Å².